The minimum Gasteiger partial charge on any atom is -0.493 e. The van der Waals surface area contributed by atoms with Crippen LogP contribution >= 0.6 is 23.2 Å². The van der Waals surface area contributed by atoms with Crippen LogP contribution in [-0.4, -0.2) is 89.1 Å². The van der Waals surface area contributed by atoms with Crippen molar-refractivity contribution in [3.63, 3.8) is 0 Å². The monoisotopic (exact) mass is 616 g/mol. The van der Waals surface area contributed by atoms with Gasteiger partial charge < -0.3 is 19.4 Å². The molecule has 0 bridgehead atoms. The van der Waals surface area contributed by atoms with Crippen LogP contribution in [0.15, 0.2) is 36.7 Å². The maximum atomic E-state index is 12.1. The highest BCUT2D eigenvalue weighted by molar-refractivity contribution is 7.88. The minimum absolute atomic E-state index is 0.336. The van der Waals surface area contributed by atoms with E-state index in [1.54, 1.807) is 37.2 Å². The molecule has 41 heavy (non-hydrogen) atoms. The van der Waals surface area contributed by atoms with Crippen molar-refractivity contribution < 1.29 is 17.9 Å². The third-order valence-electron chi connectivity index (χ3n) is 7.02. The largest absolute Gasteiger partial charge is 0.493 e. The molecule has 0 atom stereocenters. The number of hydrogen-bond donors (Lipinski definition) is 1. The predicted octanol–water partition coefficient (Wildman–Crippen LogP) is 3.82. The number of ether oxygens (including phenoxy) is 2. The van der Waals surface area contributed by atoms with Crippen LogP contribution in [0.1, 0.15) is 5.82 Å². The number of aromatic amines is 1. The number of hydrogen-bond acceptors (Lipinski definition) is 9. The maximum Gasteiger partial charge on any atom is 0.211 e. The highest BCUT2D eigenvalue weighted by Crippen LogP contribution is 2.41. The first kappa shape index (κ1) is 27.5. The maximum absolute atomic E-state index is 12.1. The molecule has 214 valence electrons. The SMILES string of the molecule is COc1cc(Cl)c(-c2cnc(N3CCN(S(C)(=O)=O)CC3)c3nn(Cc4nc5nc(Cl)ccc5[nH]4)cc23)cc1OC. The number of sulfonamides is 1. The second-order valence-electron chi connectivity index (χ2n) is 9.61. The number of imidazole rings is 1. The van der Waals surface area contributed by atoms with Crippen molar-refractivity contribution in [1.82, 2.24) is 34.0 Å². The molecule has 12 nitrogen and oxygen atoms in total. The molecule has 1 fully saturated rings. The van der Waals surface area contributed by atoms with Crippen LogP contribution in [0.3, 0.4) is 0 Å². The summed E-state index contributed by atoms with van der Waals surface area (Å²) >= 11 is 12.8. The van der Waals surface area contributed by atoms with Crippen molar-refractivity contribution in [3.8, 4) is 22.6 Å². The Balaban J connectivity index is 1.45. The lowest BCUT2D eigenvalue weighted by atomic mass is 10.0. The van der Waals surface area contributed by atoms with Gasteiger partial charge in [0.05, 0.1) is 37.6 Å². The van der Waals surface area contributed by atoms with Crippen molar-refractivity contribution in [2.24, 2.45) is 0 Å². The molecule has 1 aliphatic rings. The summed E-state index contributed by atoms with van der Waals surface area (Å²) in [5.41, 5.74) is 3.41. The zero-order valence-corrected chi connectivity index (χ0v) is 24.8. The Morgan fingerprint density at radius 2 is 1.73 bits per heavy atom. The summed E-state index contributed by atoms with van der Waals surface area (Å²) in [5.74, 6) is 2.36. The van der Waals surface area contributed by atoms with E-state index in [9.17, 15) is 8.42 Å². The van der Waals surface area contributed by atoms with Crippen LogP contribution in [0.2, 0.25) is 10.2 Å². The highest BCUT2D eigenvalue weighted by atomic mass is 35.5. The Hall–Kier alpha value is -3.65. The number of aromatic nitrogens is 6. The van der Waals surface area contributed by atoms with Crippen LogP contribution < -0.4 is 14.4 Å². The molecule has 1 aromatic carbocycles. The number of nitrogens with zero attached hydrogens (tertiary/aromatic N) is 7. The van der Waals surface area contributed by atoms with E-state index in [1.165, 1.54) is 10.6 Å². The van der Waals surface area contributed by atoms with Gasteiger partial charge in [-0.2, -0.15) is 9.40 Å². The summed E-state index contributed by atoms with van der Waals surface area (Å²) in [6, 6.07) is 7.05. The Bertz CT molecular complexity index is 1880. The van der Waals surface area contributed by atoms with Gasteiger partial charge in [-0.25, -0.2) is 23.4 Å². The first-order valence-electron chi connectivity index (χ1n) is 12.6. The molecule has 1 aliphatic heterocycles. The van der Waals surface area contributed by atoms with Gasteiger partial charge in [0, 0.05) is 61.2 Å². The fraction of sp³-hybridized carbons (Fsp3) is 0.308. The summed E-state index contributed by atoms with van der Waals surface area (Å²) in [7, 11) is -0.154. The van der Waals surface area contributed by atoms with Gasteiger partial charge in [-0.3, -0.25) is 4.68 Å². The number of anilines is 1. The van der Waals surface area contributed by atoms with Gasteiger partial charge in [-0.15, -0.1) is 0 Å². The minimum atomic E-state index is -3.27. The summed E-state index contributed by atoms with van der Waals surface area (Å²) in [4.78, 5) is 18.9. The Morgan fingerprint density at radius 1 is 1.00 bits per heavy atom. The molecule has 0 saturated carbocycles. The Labute approximate surface area is 245 Å². The molecule has 5 aromatic rings. The van der Waals surface area contributed by atoms with Gasteiger partial charge in [0.15, 0.2) is 23.0 Å². The lowest BCUT2D eigenvalue weighted by molar-refractivity contribution is 0.355. The number of benzene rings is 1. The third kappa shape index (κ3) is 5.25. The number of methoxy groups -OCH3 is 2. The van der Waals surface area contributed by atoms with Crippen LogP contribution in [0.4, 0.5) is 5.82 Å². The first-order chi connectivity index (χ1) is 19.6. The Morgan fingerprint density at radius 3 is 2.44 bits per heavy atom. The molecule has 0 unspecified atom stereocenters. The third-order valence-corrected chi connectivity index (χ3v) is 8.85. The van der Waals surface area contributed by atoms with Crippen molar-refractivity contribution in [2.75, 3.05) is 51.6 Å². The second-order valence-corrected chi connectivity index (χ2v) is 12.4. The van der Waals surface area contributed by atoms with Crippen LogP contribution in [0, 0.1) is 0 Å². The average Bonchev–Trinajstić information content (AvgIpc) is 3.55. The van der Waals surface area contributed by atoms with Gasteiger partial charge >= 0.3 is 0 Å². The van der Waals surface area contributed by atoms with Crippen molar-refractivity contribution in [1.29, 1.82) is 0 Å². The number of nitrogens with one attached hydrogen (secondary N) is 1. The van der Waals surface area contributed by atoms with E-state index in [-0.39, 0.29) is 0 Å². The van der Waals surface area contributed by atoms with E-state index in [4.69, 9.17) is 42.8 Å². The Kier molecular flexibility index (Phi) is 7.14. The summed E-state index contributed by atoms with van der Waals surface area (Å²) in [6.45, 7) is 2.02. The fourth-order valence-corrected chi connectivity index (χ4v) is 6.23. The molecule has 0 amide bonds. The number of pyridine rings is 2. The fourth-order valence-electron chi connectivity index (χ4n) is 5.01. The second kappa shape index (κ2) is 10.6. The molecule has 5 heterocycles. The van der Waals surface area contributed by atoms with E-state index >= 15 is 0 Å². The van der Waals surface area contributed by atoms with Crippen LogP contribution in [0.5, 0.6) is 11.5 Å². The van der Waals surface area contributed by atoms with Gasteiger partial charge in [0.25, 0.3) is 0 Å². The van der Waals surface area contributed by atoms with Crippen molar-refractivity contribution in [2.45, 2.75) is 6.54 Å². The first-order valence-corrected chi connectivity index (χ1v) is 15.2. The lowest BCUT2D eigenvalue weighted by Crippen LogP contribution is -2.48. The van der Waals surface area contributed by atoms with Crippen LogP contribution in [0.25, 0.3) is 33.2 Å². The quantitative estimate of drug-likeness (QED) is 0.271. The zero-order chi connectivity index (χ0) is 28.9. The smallest absolute Gasteiger partial charge is 0.211 e. The number of H-pyrrole nitrogens is 1. The normalized spacial score (nSPS) is 14.7. The molecule has 4 aromatic heterocycles. The standard InChI is InChI=1S/C26H26Cl2N8O4S/c1-39-20-10-15(18(27)11-21(20)40-2)16-12-29-26(34-6-8-36(9-7-34)41(3,37)38)24-17(16)13-35(33-24)14-23-30-19-4-5-22(28)31-25(19)32-23/h4-5,10-13H,6-9,14H2,1-3H3,(H,30,31,32). The van der Waals surface area contributed by atoms with Crippen molar-refractivity contribution >= 4 is 61.1 Å². The van der Waals surface area contributed by atoms with E-state index in [2.05, 4.69) is 19.9 Å². The number of fused-ring (bicyclic) bond motifs is 2. The molecule has 0 spiro atoms. The van der Waals surface area contributed by atoms with Gasteiger partial charge in [-0.1, -0.05) is 23.2 Å². The highest BCUT2D eigenvalue weighted by Gasteiger charge is 2.27. The topological polar surface area (TPSA) is 131 Å². The van der Waals surface area contributed by atoms with E-state index < -0.39 is 10.0 Å². The van der Waals surface area contributed by atoms with Crippen molar-refractivity contribution in [3.05, 3.63) is 52.7 Å². The van der Waals surface area contributed by atoms with E-state index in [1.807, 2.05) is 18.3 Å². The summed E-state index contributed by atoms with van der Waals surface area (Å²) < 4.78 is 38.3. The molecule has 0 radical (unpaired) electrons. The predicted molar refractivity (Wildman–Crippen MR) is 158 cm³/mol. The van der Waals surface area contributed by atoms with E-state index in [0.717, 1.165) is 16.5 Å². The summed E-state index contributed by atoms with van der Waals surface area (Å²) in [5, 5.41) is 6.55. The molecule has 15 heteroatoms. The molecular weight excluding hydrogens is 591 g/mol. The van der Waals surface area contributed by atoms with E-state index in [0.29, 0.717) is 82.8 Å². The molecule has 1 N–H and O–H groups in total. The van der Waals surface area contributed by atoms with Gasteiger partial charge in [-0.05, 0) is 18.2 Å². The number of rotatable bonds is 7. The average molecular weight is 618 g/mol. The summed E-state index contributed by atoms with van der Waals surface area (Å²) in [6.07, 6.45) is 4.90. The molecular formula is C26H26Cl2N8O4S. The molecule has 1 saturated heterocycles. The number of piperazine rings is 1. The van der Waals surface area contributed by atoms with Gasteiger partial charge in [0.2, 0.25) is 10.0 Å². The lowest BCUT2D eigenvalue weighted by Gasteiger charge is -2.34. The van der Waals surface area contributed by atoms with Gasteiger partial charge in [0.1, 0.15) is 16.5 Å². The van der Waals surface area contributed by atoms with Crippen LogP contribution in [-0.2, 0) is 16.6 Å². The molecule has 6 rings (SSSR count). The number of halogens is 2. The molecule has 0 aliphatic carbocycles. The zero-order valence-electron chi connectivity index (χ0n) is 22.4.